The van der Waals surface area contributed by atoms with Crippen molar-refractivity contribution in [2.45, 2.75) is 39.5 Å². The van der Waals surface area contributed by atoms with Crippen LogP contribution in [0.5, 0.6) is 0 Å². The Balaban J connectivity index is 2.79. The van der Waals surface area contributed by atoms with E-state index in [0.717, 1.165) is 12.1 Å². The Kier molecular flexibility index (Phi) is 6.18. The Hall–Kier alpha value is -2.05. The van der Waals surface area contributed by atoms with Gasteiger partial charge in [0.25, 0.3) is 0 Å². The summed E-state index contributed by atoms with van der Waals surface area (Å²) in [6, 6.07) is 4.00. The van der Waals surface area contributed by atoms with Gasteiger partial charge in [-0.25, -0.2) is 0 Å². The van der Waals surface area contributed by atoms with E-state index in [1.54, 1.807) is 7.05 Å². The fourth-order valence-electron chi connectivity index (χ4n) is 2.12. The third kappa shape index (κ3) is 5.58. The molecule has 1 atom stereocenters. The van der Waals surface area contributed by atoms with Crippen molar-refractivity contribution in [2.75, 3.05) is 7.05 Å². The molecule has 0 saturated heterocycles. The zero-order valence-electron chi connectivity index (χ0n) is 13.6. The minimum absolute atomic E-state index is 0.0959. The van der Waals surface area contributed by atoms with Gasteiger partial charge >= 0.3 is 6.18 Å². The second-order valence-corrected chi connectivity index (χ2v) is 5.81. The summed E-state index contributed by atoms with van der Waals surface area (Å²) in [4.78, 5) is 25.0. The first-order valence-corrected chi connectivity index (χ1v) is 7.20. The van der Waals surface area contributed by atoms with E-state index in [0.29, 0.717) is 5.56 Å². The molecule has 0 aliphatic carbocycles. The second kappa shape index (κ2) is 7.48. The van der Waals surface area contributed by atoms with Gasteiger partial charge in [0, 0.05) is 20.5 Å². The van der Waals surface area contributed by atoms with Gasteiger partial charge in [0.2, 0.25) is 11.8 Å². The molecule has 1 aromatic rings. The lowest BCUT2D eigenvalue weighted by Gasteiger charge is -2.26. The molecule has 1 aromatic carbocycles. The standard InChI is InChI=1S/C16H21F3N2O2/c1-10(2)14(20-11(3)22)15(23)21(4)9-12-5-7-13(8-6-12)16(17,18)19/h5-8,10,14H,9H2,1-4H3,(H,20,22). The number of hydrogen-bond acceptors (Lipinski definition) is 2. The fraction of sp³-hybridized carbons (Fsp3) is 0.500. The Morgan fingerprint density at radius 2 is 1.70 bits per heavy atom. The molecular formula is C16H21F3N2O2. The second-order valence-electron chi connectivity index (χ2n) is 5.81. The molecule has 1 N–H and O–H groups in total. The Morgan fingerprint density at radius 1 is 1.17 bits per heavy atom. The lowest BCUT2D eigenvalue weighted by atomic mass is 10.0. The lowest BCUT2D eigenvalue weighted by molar-refractivity contribution is -0.138. The van der Waals surface area contributed by atoms with Crippen LogP contribution in [0.4, 0.5) is 13.2 Å². The first kappa shape index (κ1) is 19.0. The van der Waals surface area contributed by atoms with E-state index in [1.807, 2.05) is 13.8 Å². The number of carbonyl (C=O) groups is 2. The molecule has 0 aromatic heterocycles. The van der Waals surface area contributed by atoms with Gasteiger partial charge in [0.15, 0.2) is 0 Å². The van der Waals surface area contributed by atoms with Crippen LogP contribution in [-0.2, 0) is 22.3 Å². The highest BCUT2D eigenvalue weighted by molar-refractivity contribution is 5.86. The van der Waals surface area contributed by atoms with E-state index in [1.165, 1.54) is 24.0 Å². The summed E-state index contributed by atoms with van der Waals surface area (Å²) in [6.45, 7) is 5.12. The monoisotopic (exact) mass is 330 g/mol. The third-order valence-electron chi connectivity index (χ3n) is 3.37. The normalized spacial score (nSPS) is 12.9. The van der Waals surface area contributed by atoms with Crippen LogP contribution in [0.2, 0.25) is 0 Å². The number of alkyl halides is 3. The van der Waals surface area contributed by atoms with Gasteiger partial charge in [0.05, 0.1) is 5.56 Å². The largest absolute Gasteiger partial charge is 0.416 e. The zero-order chi connectivity index (χ0) is 17.8. The SMILES string of the molecule is CC(=O)NC(C(=O)N(C)Cc1ccc(C(F)(F)F)cc1)C(C)C. The number of nitrogens with one attached hydrogen (secondary N) is 1. The van der Waals surface area contributed by atoms with Crippen molar-refractivity contribution in [1.82, 2.24) is 10.2 Å². The summed E-state index contributed by atoms with van der Waals surface area (Å²) < 4.78 is 37.6. The van der Waals surface area contributed by atoms with Crippen molar-refractivity contribution in [3.63, 3.8) is 0 Å². The van der Waals surface area contributed by atoms with Crippen molar-refractivity contribution in [3.8, 4) is 0 Å². The van der Waals surface area contributed by atoms with Gasteiger partial charge in [-0.15, -0.1) is 0 Å². The molecule has 0 saturated carbocycles. The fourth-order valence-corrected chi connectivity index (χ4v) is 2.12. The smallest absolute Gasteiger partial charge is 0.344 e. The first-order valence-electron chi connectivity index (χ1n) is 7.20. The summed E-state index contributed by atoms with van der Waals surface area (Å²) in [7, 11) is 1.55. The van der Waals surface area contributed by atoms with Crippen molar-refractivity contribution in [1.29, 1.82) is 0 Å². The van der Waals surface area contributed by atoms with Crippen LogP contribution in [0.1, 0.15) is 31.9 Å². The van der Waals surface area contributed by atoms with Crippen LogP contribution in [0.15, 0.2) is 24.3 Å². The summed E-state index contributed by atoms with van der Waals surface area (Å²) >= 11 is 0. The van der Waals surface area contributed by atoms with Gasteiger partial charge in [-0.3, -0.25) is 9.59 Å². The van der Waals surface area contributed by atoms with E-state index in [9.17, 15) is 22.8 Å². The van der Waals surface area contributed by atoms with Crippen LogP contribution >= 0.6 is 0 Å². The lowest BCUT2D eigenvalue weighted by Crippen LogP contribution is -2.49. The van der Waals surface area contributed by atoms with Crippen LogP contribution in [0.3, 0.4) is 0 Å². The van der Waals surface area contributed by atoms with Crippen LogP contribution < -0.4 is 5.32 Å². The van der Waals surface area contributed by atoms with Gasteiger partial charge < -0.3 is 10.2 Å². The molecule has 23 heavy (non-hydrogen) atoms. The molecule has 0 spiro atoms. The van der Waals surface area contributed by atoms with Gasteiger partial charge in [-0.05, 0) is 23.6 Å². The summed E-state index contributed by atoms with van der Waals surface area (Å²) in [5, 5.41) is 2.60. The van der Waals surface area contributed by atoms with Crippen LogP contribution in [0.25, 0.3) is 0 Å². The Morgan fingerprint density at radius 3 is 2.09 bits per heavy atom. The van der Waals surface area contributed by atoms with E-state index in [-0.39, 0.29) is 24.3 Å². The molecule has 0 bridgehead atoms. The minimum Gasteiger partial charge on any atom is -0.344 e. The van der Waals surface area contributed by atoms with E-state index < -0.39 is 17.8 Å². The average Bonchev–Trinajstić information content (AvgIpc) is 2.43. The van der Waals surface area contributed by atoms with Crippen molar-refractivity contribution in [2.24, 2.45) is 5.92 Å². The molecule has 0 aliphatic rings. The molecule has 0 aliphatic heterocycles. The number of nitrogens with zero attached hydrogens (tertiary/aromatic N) is 1. The summed E-state index contributed by atoms with van der Waals surface area (Å²) in [6.07, 6.45) is -4.38. The van der Waals surface area contributed by atoms with E-state index in [4.69, 9.17) is 0 Å². The number of amides is 2. The zero-order valence-corrected chi connectivity index (χ0v) is 13.6. The molecule has 2 amide bonds. The maximum absolute atomic E-state index is 12.5. The molecule has 0 fully saturated rings. The van der Waals surface area contributed by atoms with Crippen LogP contribution in [-0.4, -0.2) is 29.8 Å². The highest BCUT2D eigenvalue weighted by Gasteiger charge is 2.30. The predicted octanol–water partition coefficient (Wildman–Crippen LogP) is 2.82. The van der Waals surface area contributed by atoms with E-state index in [2.05, 4.69) is 5.32 Å². The van der Waals surface area contributed by atoms with Gasteiger partial charge in [-0.1, -0.05) is 26.0 Å². The molecule has 0 heterocycles. The minimum atomic E-state index is -4.38. The number of hydrogen-bond donors (Lipinski definition) is 1. The number of halogens is 3. The van der Waals surface area contributed by atoms with Gasteiger partial charge in [0.1, 0.15) is 6.04 Å². The topological polar surface area (TPSA) is 49.4 Å². The molecule has 4 nitrogen and oxygen atoms in total. The maximum atomic E-state index is 12.5. The van der Waals surface area contributed by atoms with E-state index >= 15 is 0 Å². The van der Waals surface area contributed by atoms with Crippen molar-refractivity contribution >= 4 is 11.8 Å². The quantitative estimate of drug-likeness (QED) is 0.902. The number of likely N-dealkylation sites (N-methyl/N-ethyl adjacent to an activating group) is 1. The number of benzene rings is 1. The Bertz CT molecular complexity index is 553. The molecule has 128 valence electrons. The third-order valence-corrected chi connectivity index (χ3v) is 3.37. The summed E-state index contributed by atoms with van der Waals surface area (Å²) in [5.74, 6) is -0.684. The Labute approximate surface area is 133 Å². The number of rotatable bonds is 5. The molecule has 1 rings (SSSR count). The highest BCUT2D eigenvalue weighted by atomic mass is 19.4. The average molecular weight is 330 g/mol. The first-order chi connectivity index (χ1) is 10.5. The molecule has 7 heteroatoms. The highest BCUT2D eigenvalue weighted by Crippen LogP contribution is 2.29. The molecule has 1 unspecified atom stereocenters. The predicted molar refractivity (Wildman–Crippen MR) is 80.4 cm³/mol. The van der Waals surface area contributed by atoms with Gasteiger partial charge in [-0.2, -0.15) is 13.2 Å². The summed E-state index contributed by atoms with van der Waals surface area (Å²) in [5.41, 5.74) is -0.146. The maximum Gasteiger partial charge on any atom is 0.416 e. The molecular weight excluding hydrogens is 309 g/mol. The molecule has 0 radical (unpaired) electrons. The van der Waals surface area contributed by atoms with Crippen molar-refractivity contribution in [3.05, 3.63) is 35.4 Å². The van der Waals surface area contributed by atoms with Crippen molar-refractivity contribution < 1.29 is 22.8 Å². The number of carbonyl (C=O) groups excluding carboxylic acids is 2. The van der Waals surface area contributed by atoms with Crippen LogP contribution in [0, 0.1) is 5.92 Å².